The molecule has 2 aromatic rings. The monoisotopic (exact) mass is 310 g/mol. The van der Waals surface area contributed by atoms with E-state index in [1.807, 2.05) is 54.3 Å². The quantitative estimate of drug-likeness (QED) is 0.940. The van der Waals surface area contributed by atoms with Gasteiger partial charge in [0.05, 0.1) is 7.11 Å². The molecule has 0 radical (unpaired) electrons. The fraction of sp³-hybridized carbons (Fsp3) is 0.316. The number of carbonyl (C=O) groups excluding carboxylic acids is 1. The Morgan fingerprint density at radius 2 is 1.91 bits per heavy atom. The molecule has 2 atom stereocenters. The minimum absolute atomic E-state index is 0.0956. The summed E-state index contributed by atoms with van der Waals surface area (Å²) in [4.78, 5) is 14.8. The van der Waals surface area contributed by atoms with E-state index in [2.05, 4.69) is 18.3 Å². The molecule has 2 aromatic carbocycles. The second kappa shape index (κ2) is 6.32. The summed E-state index contributed by atoms with van der Waals surface area (Å²) < 4.78 is 5.15. The van der Waals surface area contributed by atoms with Gasteiger partial charge in [0.15, 0.2) is 0 Å². The Bertz CT molecular complexity index is 697. The zero-order chi connectivity index (χ0) is 16.4. The van der Waals surface area contributed by atoms with Gasteiger partial charge in [-0.15, -0.1) is 0 Å². The van der Waals surface area contributed by atoms with Crippen molar-refractivity contribution in [2.45, 2.75) is 32.4 Å². The summed E-state index contributed by atoms with van der Waals surface area (Å²) in [6.07, 6.45) is 0.914. The first kappa shape index (κ1) is 15.4. The maximum Gasteiger partial charge on any atom is 0.249 e. The molecule has 1 aliphatic heterocycles. The third kappa shape index (κ3) is 3.02. The SMILES string of the molecule is COc1ccc(N[C@H](C)C(=O)N2c3ccccc3C[C@@H]2C)cc1. The van der Waals surface area contributed by atoms with E-state index in [1.54, 1.807) is 7.11 Å². The molecule has 0 bridgehead atoms. The van der Waals surface area contributed by atoms with Gasteiger partial charge in [0.25, 0.3) is 0 Å². The summed E-state index contributed by atoms with van der Waals surface area (Å²) in [6, 6.07) is 15.6. The van der Waals surface area contributed by atoms with Crippen molar-refractivity contribution in [2.24, 2.45) is 0 Å². The molecule has 0 saturated heterocycles. The van der Waals surface area contributed by atoms with Gasteiger partial charge in [-0.25, -0.2) is 0 Å². The Labute approximate surface area is 137 Å². The predicted molar refractivity (Wildman–Crippen MR) is 93.2 cm³/mol. The first-order valence-corrected chi connectivity index (χ1v) is 7.91. The van der Waals surface area contributed by atoms with E-state index < -0.39 is 0 Å². The first-order chi connectivity index (χ1) is 11.1. The molecule has 0 aliphatic carbocycles. The smallest absolute Gasteiger partial charge is 0.249 e. The van der Waals surface area contributed by atoms with E-state index in [9.17, 15) is 4.79 Å². The number of fused-ring (bicyclic) bond motifs is 1. The van der Waals surface area contributed by atoms with Crippen molar-refractivity contribution in [1.82, 2.24) is 0 Å². The molecule has 0 saturated carbocycles. The van der Waals surface area contributed by atoms with Gasteiger partial charge < -0.3 is 15.0 Å². The summed E-state index contributed by atoms with van der Waals surface area (Å²) in [5.41, 5.74) is 3.19. The van der Waals surface area contributed by atoms with Crippen molar-refractivity contribution in [3.8, 4) is 5.75 Å². The molecule has 4 heteroatoms. The van der Waals surface area contributed by atoms with Gasteiger partial charge in [0.1, 0.15) is 11.8 Å². The number of ether oxygens (including phenoxy) is 1. The summed E-state index contributed by atoms with van der Waals surface area (Å²) in [5.74, 6) is 0.898. The van der Waals surface area contributed by atoms with Crippen molar-refractivity contribution in [3.05, 3.63) is 54.1 Å². The average molecular weight is 310 g/mol. The van der Waals surface area contributed by atoms with Crippen LogP contribution in [-0.2, 0) is 11.2 Å². The minimum Gasteiger partial charge on any atom is -0.497 e. The topological polar surface area (TPSA) is 41.6 Å². The van der Waals surface area contributed by atoms with Gasteiger partial charge >= 0.3 is 0 Å². The summed E-state index contributed by atoms with van der Waals surface area (Å²) in [7, 11) is 1.64. The van der Waals surface area contributed by atoms with Crippen molar-refractivity contribution in [2.75, 3.05) is 17.3 Å². The second-order valence-corrected chi connectivity index (χ2v) is 5.98. The molecule has 1 N–H and O–H groups in total. The lowest BCUT2D eigenvalue weighted by Crippen LogP contribution is -2.44. The van der Waals surface area contributed by atoms with Gasteiger partial charge in [-0.3, -0.25) is 4.79 Å². The standard InChI is InChI=1S/C19H22N2O2/c1-13-12-15-6-4-5-7-18(15)21(13)19(22)14(2)20-16-8-10-17(23-3)11-9-16/h4-11,13-14,20H,12H2,1-3H3/t13-,14+/m0/s1. The van der Waals surface area contributed by atoms with E-state index in [-0.39, 0.29) is 18.0 Å². The third-order valence-electron chi connectivity index (χ3n) is 4.29. The van der Waals surface area contributed by atoms with Crippen LogP contribution < -0.4 is 15.0 Å². The fourth-order valence-electron chi connectivity index (χ4n) is 3.11. The van der Waals surface area contributed by atoms with Crippen LogP contribution in [0.3, 0.4) is 0 Å². The van der Waals surface area contributed by atoms with Crippen LogP contribution in [0.4, 0.5) is 11.4 Å². The van der Waals surface area contributed by atoms with E-state index in [4.69, 9.17) is 4.74 Å². The Balaban J connectivity index is 1.74. The minimum atomic E-state index is -0.294. The number of hydrogen-bond donors (Lipinski definition) is 1. The number of benzene rings is 2. The molecule has 1 heterocycles. The van der Waals surface area contributed by atoms with E-state index in [0.29, 0.717) is 0 Å². The second-order valence-electron chi connectivity index (χ2n) is 5.98. The van der Waals surface area contributed by atoms with Crippen molar-refractivity contribution < 1.29 is 9.53 Å². The zero-order valence-corrected chi connectivity index (χ0v) is 13.7. The van der Waals surface area contributed by atoms with Crippen molar-refractivity contribution >= 4 is 17.3 Å². The number of anilines is 2. The summed E-state index contributed by atoms with van der Waals surface area (Å²) >= 11 is 0. The maximum atomic E-state index is 12.9. The molecule has 23 heavy (non-hydrogen) atoms. The fourth-order valence-corrected chi connectivity index (χ4v) is 3.11. The average Bonchev–Trinajstić information content (AvgIpc) is 2.90. The summed E-state index contributed by atoms with van der Waals surface area (Å²) in [5, 5.41) is 3.27. The molecular weight excluding hydrogens is 288 g/mol. The lowest BCUT2D eigenvalue weighted by atomic mass is 10.1. The molecule has 1 amide bonds. The maximum absolute atomic E-state index is 12.9. The Hall–Kier alpha value is -2.49. The van der Waals surface area contributed by atoms with Gasteiger partial charge in [-0.05, 0) is 56.2 Å². The molecule has 4 nitrogen and oxygen atoms in total. The number of hydrogen-bond acceptors (Lipinski definition) is 3. The van der Waals surface area contributed by atoms with Crippen LogP contribution in [0.1, 0.15) is 19.4 Å². The number of nitrogens with zero attached hydrogens (tertiary/aromatic N) is 1. The van der Waals surface area contributed by atoms with Crippen LogP contribution >= 0.6 is 0 Å². The lowest BCUT2D eigenvalue weighted by molar-refractivity contribution is -0.119. The van der Waals surface area contributed by atoms with Crippen LogP contribution in [0.5, 0.6) is 5.75 Å². The molecule has 3 rings (SSSR count). The lowest BCUT2D eigenvalue weighted by Gasteiger charge is -2.27. The highest BCUT2D eigenvalue weighted by molar-refractivity contribution is 6.00. The van der Waals surface area contributed by atoms with Crippen molar-refractivity contribution in [3.63, 3.8) is 0 Å². The van der Waals surface area contributed by atoms with Crippen LogP contribution in [-0.4, -0.2) is 25.1 Å². The molecule has 0 fully saturated rings. The van der Waals surface area contributed by atoms with Gasteiger partial charge in [0.2, 0.25) is 5.91 Å². The Kier molecular flexibility index (Phi) is 4.24. The molecule has 0 spiro atoms. The van der Waals surface area contributed by atoms with Crippen molar-refractivity contribution in [1.29, 1.82) is 0 Å². The van der Waals surface area contributed by atoms with Crippen LogP contribution in [0.25, 0.3) is 0 Å². The van der Waals surface area contributed by atoms with Crippen LogP contribution in [0.2, 0.25) is 0 Å². The number of nitrogens with one attached hydrogen (secondary N) is 1. The number of methoxy groups -OCH3 is 1. The normalized spacial score (nSPS) is 17.5. The summed E-state index contributed by atoms with van der Waals surface area (Å²) in [6.45, 7) is 4.00. The Morgan fingerprint density at radius 1 is 1.22 bits per heavy atom. The highest BCUT2D eigenvalue weighted by Gasteiger charge is 2.32. The van der Waals surface area contributed by atoms with Crippen LogP contribution in [0.15, 0.2) is 48.5 Å². The number of para-hydroxylation sites is 1. The molecule has 0 aromatic heterocycles. The number of carbonyl (C=O) groups is 1. The van der Waals surface area contributed by atoms with E-state index in [0.717, 1.165) is 23.5 Å². The third-order valence-corrected chi connectivity index (χ3v) is 4.29. The Morgan fingerprint density at radius 3 is 2.61 bits per heavy atom. The molecular formula is C19H22N2O2. The highest BCUT2D eigenvalue weighted by Crippen LogP contribution is 2.32. The number of amides is 1. The van der Waals surface area contributed by atoms with Gasteiger partial charge in [-0.2, -0.15) is 0 Å². The predicted octanol–water partition coefficient (Wildman–Crippen LogP) is 3.47. The van der Waals surface area contributed by atoms with Gasteiger partial charge in [0, 0.05) is 17.4 Å². The molecule has 0 unspecified atom stereocenters. The van der Waals surface area contributed by atoms with E-state index >= 15 is 0 Å². The van der Waals surface area contributed by atoms with Crippen LogP contribution in [0, 0.1) is 0 Å². The molecule has 120 valence electrons. The highest BCUT2D eigenvalue weighted by atomic mass is 16.5. The van der Waals surface area contributed by atoms with Gasteiger partial charge in [-0.1, -0.05) is 18.2 Å². The largest absolute Gasteiger partial charge is 0.497 e. The molecule has 1 aliphatic rings. The van der Waals surface area contributed by atoms with E-state index in [1.165, 1.54) is 5.56 Å². The zero-order valence-electron chi connectivity index (χ0n) is 13.7. The first-order valence-electron chi connectivity index (χ1n) is 7.91. The number of rotatable bonds is 4.